The van der Waals surface area contributed by atoms with E-state index < -0.39 is 28.8 Å². The summed E-state index contributed by atoms with van der Waals surface area (Å²) in [6, 6.07) is 7.69. The number of carbonyl (C=O) groups is 2. The highest BCUT2D eigenvalue weighted by Crippen LogP contribution is 2.36. The Labute approximate surface area is 189 Å². The van der Waals surface area contributed by atoms with E-state index in [0.29, 0.717) is 35.6 Å². The SMILES string of the molecule is O=C(C[C@H]1SC(=Nc2ccc3c(c2)OCCO3)NC1=O)Nc1cc(C(F)(F)F)ccc1Cl. The van der Waals surface area contributed by atoms with Crippen LogP contribution in [0, 0.1) is 0 Å². The number of nitrogens with zero attached hydrogens (tertiary/aromatic N) is 1. The van der Waals surface area contributed by atoms with Crippen LogP contribution in [0.5, 0.6) is 11.5 Å². The van der Waals surface area contributed by atoms with E-state index >= 15 is 0 Å². The molecule has 2 aromatic rings. The second-order valence-electron chi connectivity index (χ2n) is 6.79. The van der Waals surface area contributed by atoms with Gasteiger partial charge in [0, 0.05) is 12.5 Å². The van der Waals surface area contributed by atoms with Crippen LogP contribution >= 0.6 is 23.4 Å². The zero-order chi connectivity index (χ0) is 22.9. The number of ether oxygens (including phenoxy) is 2. The number of amidine groups is 1. The molecule has 4 rings (SSSR count). The topological polar surface area (TPSA) is 89.0 Å². The Kier molecular flexibility index (Phi) is 6.20. The second-order valence-corrected chi connectivity index (χ2v) is 8.38. The van der Waals surface area contributed by atoms with Crippen LogP contribution in [0.4, 0.5) is 24.5 Å². The Hall–Kier alpha value is -2.92. The first kappa shape index (κ1) is 22.3. The first-order valence-electron chi connectivity index (χ1n) is 9.31. The first-order chi connectivity index (χ1) is 15.2. The summed E-state index contributed by atoms with van der Waals surface area (Å²) < 4.78 is 49.6. The maximum atomic E-state index is 12.9. The summed E-state index contributed by atoms with van der Waals surface area (Å²) in [5.74, 6) is 0.0588. The average Bonchev–Trinajstić information content (AvgIpc) is 3.07. The molecule has 7 nitrogen and oxygen atoms in total. The molecule has 2 aliphatic heterocycles. The van der Waals surface area contributed by atoms with Crippen LogP contribution in [-0.4, -0.2) is 35.4 Å². The van der Waals surface area contributed by atoms with Gasteiger partial charge in [-0.1, -0.05) is 23.4 Å². The van der Waals surface area contributed by atoms with E-state index in [2.05, 4.69) is 15.6 Å². The third kappa shape index (κ3) is 5.10. The lowest BCUT2D eigenvalue weighted by Gasteiger charge is -2.18. The molecule has 2 aliphatic rings. The summed E-state index contributed by atoms with van der Waals surface area (Å²) in [4.78, 5) is 28.9. The maximum absolute atomic E-state index is 12.9. The first-order valence-corrected chi connectivity index (χ1v) is 10.6. The van der Waals surface area contributed by atoms with E-state index in [1.54, 1.807) is 18.2 Å². The zero-order valence-electron chi connectivity index (χ0n) is 16.2. The van der Waals surface area contributed by atoms with Gasteiger partial charge in [0.25, 0.3) is 0 Å². The van der Waals surface area contributed by atoms with Gasteiger partial charge in [0.15, 0.2) is 16.7 Å². The minimum absolute atomic E-state index is 0.0456. The van der Waals surface area contributed by atoms with Gasteiger partial charge in [-0.2, -0.15) is 13.2 Å². The van der Waals surface area contributed by atoms with Crippen molar-refractivity contribution in [3.05, 3.63) is 47.0 Å². The molecule has 0 saturated carbocycles. The number of hydrogen-bond acceptors (Lipinski definition) is 6. The predicted octanol–water partition coefficient (Wildman–Crippen LogP) is 4.38. The Morgan fingerprint density at radius 1 is 1.19 bits per heavy atom. The molecule has 0 radical (unpaired) electrons. The van der Waals surface area contributed by atoms with Crippen LogP contribution in [-0.2, 0) is 15.8 Å². The second kappa shape index (κ2) is 8.91. The summed E-state index contributed by atoms with van der Waals surface area (Å²) in [6.07, 6.45) is -4.85. The molecule has 1 fully saturated rings. The number of fused-ring (bicyclic) bond motifs is 1. The average molecular weight is 486 g/mol. The molecule has 0 unspecified atom stereocenters. The van der Waals surface area contributed by atoms with Gasteiger partial charge >= 0.3 is 6.18 Å². The Balaban J connectivity index is 1.41. The molecule has 1 atom stereocenters. The highest BCUT2D eigenvalue weighted by atomic mass is 35.5. The molecule has 0 bridgehead atoms. The summed E-state index contributed by atoms with van der Waals surface area (Å²) in [5.41, 5.74) is -0.600. The van der Waals surface area contributed by atoms with Crippen LogP contribution in [0.3, 0.4) is 0 Å². The van der Waals surface area contributed by atoms with Gasteiger partial charge in [-0.3, -0.25) is 9.59 Å². The van der Waals surface area contributed by atoms with Crippen molar-refractivity contribution >= 4 is 51.7 Å². The molecule has 0 aliphatic carbocycles. The van der Waals surface area contributed by atoms with Crippen molar-refractivity contribution in [2.75, 3.05) is 18.5 Å². The van der Waals surface area contributed by atoms with Crippen LogP contribution < -0.4 is 20.1 Å². The van der Waals surface area contributed by atoms with Crippen molar-refractivity contribution in [2.24, 2.45) is 4.99 Å². The van der Waals surface area contributed by atoms with Crippen LogP contribution in [0.25, 0.3) is 0 Å². The molecule has 2 N–H and O–H groups in total. The molecule has 12 heteroatoms. The largest absolute Gasteiger partial charge is 0.486 e. The highest BCUT2D eigenvalue weighted by molar-refractivity contribution is 8.15. The molecule has 1 saturated heterocycles. The van der Waals surface area contributed by atoms with E-state index in [4.69, 9.17) is 21.1 Å². The van der Waals surface area contributed by atoms with Gasteiger partial charge in [0.2, 0.25) is 11.8 Å². The summed E-state index contributed by atoms with van der Waals surface area (Å²) in [7, 11) is 0. The van der Waals surface area contributed by atoms with Crippen molar-refractivity contribution in [1.82, 2.24) is 5.32 Å². The standard InChI is InChI=1S/C20H15ClF3N3O4S/c21-12-3-1-10(20(22,23)24)7-13(12)26-17(28)9-16-18(29)27-19(32-16)25-11-2-4-14-15(8-11)31-6-5-30-14/h1-4,7-8,16H,5-6,9H2,(H,26,28)(H,25,27,29)/t16-/m1/s1. The third-order valence-corrected chi connectivity index (χ3v) is 5.88. The van der Waals surface area contributed by atoms with E-state index in [0.717, 1.165) is 30.0 Å². The summed E-state index contributed by atoms with van der Waals surface area (Å²) in [5, 5.41) is 4.38. The molecule has 168 valence electrons. The van der Waals surface area contributed by atoms with Crippen LogP contribution in [0.2, 0.25) is 5.02 Å². The molecule has 2 amide bonds. The number of nitrogens with one attached hydrogen (secondary N) is 2. The number of amides is 2. The number of rotatable bonds is 4. The molecule has 0 spiro atoms. The lowest BCUT2D eigenvalue weighted by Crippen LogP contribution is -2.28. The summed E-state index contributed by atoms with van der Waals surface area (Å²) in [6.45, 7) is 0.883. The van der Waals surface area contributed by atoms with E-state index in [-0.39, 0.29) is 17.1 Å². The number of carbonyl (C=O) groups excluding carboxylic acids is 2. The lowest BCUT2D eigenvalue weighted by molar-refractivity contribution is -0.137. The molecule has 32 heavy (non-hydrogen) atoms. The van der Waals surface area contributed by atoms with Crippen molar-refractivity contribution in [1.29, 1.82) is 0 Å². The van der Waals surface area contributed by atoms with Gasteiger partial charge in [-0.25, -0.2) is 4.99 Å². The fourth-order valence-electron chi connectivity index (χ4n) is 2.98. The molecular weight excluding hydrogens is 471 g/mol. The number of anilines is 1. The molecule has 0 aromatic heterocycles. The van der Waals surface area contributed by atoms with E-state index in [9.17, 15) is 22.8 Å². The predicted molar refractivity (Wildman–Crippen MR) is 114 cm³/mol. The van der Waals surface area contributed by atoms with Crippen LogP contribution in [0.15, 0.2) is 41.4 Å². The van der Waals surface area contributed by atoms with Gasteiger partial charge in [-0.15, -0.1) is 0 Å². The number of alkyl halides is 3. The van der Waals surface area contributed by atoms with Gasteiger partial charge in [0.1, 0.15) is 18.5 Å². The fourth-order valence-corrected chi connectivity index (χ4v) is 4.13. The minimum atomic E-state index is -4.58. The number of thioether (sulfide) groups is 1. The zero-order valence-corrected chi connectivity index (χ0v) is 17.7. The summed E-state index contributed by atoms with van der Waals surface area (Å²) >= 11 is 6.94. The maximum Gasteiger partial charge on any atom is 0.416 e. The van der Waals surface area contributed by atoms with Gasteiger partial charge < -0.3 is 20.1 Å². The van der Waals surface area contributed by atoms with Crippen molar-refractivity contribution in [3.63, 3.8) is 0 Å². The Morgan fingerprint density at radius 3 is 2.69 bits per heavy atom. The number of benzene rings is 2. The Bertz CT molecular complexity index is 1110. The lowest BCUT2D eigenvalue weighted by atomic mass is 10.2. The van der Waals surface area contributed by atoms with Gasteiger partial charge in [-0.05, 0) is 30.3 Å². The smallest absolute Gasteiger partial charge is 0.416 e. The quantitative estimate of drug-likeness (QED) is 0.671. The highest BCUT2D eigenvalue weighted by Gasteiger charge is 2.33. The molecular formula is C20H15ClF3N3O4S. The Morgan fingerprint density at radius 2 is 1.94 bits per heavy atom. The van der Waals surface area contributed by atoms with Crippen molar-refractivity contribution in [2.45, 2.75) is 17.8 Å². The normalized spacial score (nSPS) is 19.1. The monoisotopic (exact) mass is 485 g/mol. The number of aliphatic imine (C=N–C) groups is 1. The van der Waals surface area contributed by atoms with E-state index in [1.165, 1.54) is 0 Å². The molecule has 2 heterocycles. The minimum Gasteiger partial charge on any atom is -0.486 e. The fraction of sp³-hybridized carbons (Fsp3) is 0.250. The van der Waals surface area contributed by atoms with E-state index in [1.807, 2.05) is 0 Å². The third-order valence-electron chi connectivity index (χ3n) is 4.47. The number of hydrogen-bond donors (Lipinski definition) is 2. The van der Waals surface area contributed by atoms with Gasteiger partial charge in [0.05, 0.1) is 22.0 Å². The van der Waals surface area contributed by atoms with Crippen molar-refractivity contribution in [3.8, 4) is 11.5 Å². The molecule has 2 aromatic carbocycles. The van der Waals surface area contributed by atoms with Crippen LogP contribution in [0.1, 0.15) is 12.0 Å². The van der Waals surface area contributed by atoms with Crippen molar-refractivity contribution < 1.29 is 32.2 Å². The number of halogens is 4.